The molecular formula is C20H23FN2O3. The van der Waals surface area contributed by atoms with Gasteiger partial charge >= 0.3 is 0 Å². The maximum Gasteiger partial charge on any atom is 0.253 e. The van der Waals surface area contributed by atoms with Gasteiger partial charge in [0.1, 0.15) is 11.6 Å². The fourth-order valence-electron chi connectivity index (χ4n) is 3.30. The van der Waals surface area contributed by atoms with Crippen molar-refractivity contribution in [2.75, 3.05) is 20.1 Å². The van der Waals surface area contributed by atoms with Crippen LogP contribution in [0.4, 0.5) is 4.39 Å². The van der Waals surface area contributed by atoms with E-state index in [9.17, 15) is 14.0 Å². The summed E-state index contributed by atoms with van der Waals surface area (Å²) < 4.78 is 18.4. The summed E-state index contributed by atoms with van der Waals surface area (Å²) in [6, 6.07) is 9.10. The lowest BCUT2D eigenvalue weighted by molar-refractivity contribution is -0.137. The number of likely N-dealkylation sites (tertiary alicyclic amines) is 1. The number of hydrogen-bond acceptors (Lipinski definition) is 3. The molecule has 2 heterocycles. The smallest absolute Gasteiger partial charge is 0.253 e. The van der Waals surface area contributed by atoms with E-state index >= 15 is 0 Å². The molecular weight excluding hydrogens is 335 g/mol. The van der Waals surface area contributed by atoms with Crippen LogP contribution >= 0.6 is 0 Å². The molecule has 0 saturated carbocycles. The first-order chi connectivity index (χ1) is 12.5. The second-order valence-corrected chi connectivity index (χ2v) is 6.71. The van der Waals surface area contributed by atoms with Crippen molar-refractivity contribution in [1.29, 1.82) is 0 Å². The van der Waals surface area contributed by atoms with E-state index in [2.05, 4.69) is 0 Å². The molecule has 3 rings (SSSR count). The molecule has 1 aromatic heterocycles. The van der Waals surface area contributed by atoms with Crippen molar-refractivity contribution in [3.8, 4) is 0 Å². The fourth-order valence-corrected chi connectivity index (χ4v) is 3.30. The summed E-state index contributed by atoms with van der Waals surface area (Å²) in [5, 5.41) is 0. The minimum absolute atomic E-state index is 0.0720. The Balaban J connectivity index is 1.56. The van der Waals surface area contributed by atoms with Crippen molar-refractivity contribution in [2.24, 2.45) is 5.92 Å². The van der Waals surface area contributed by atoms with Crippen molar-refractivity contribution in [3.05, 3.63) is 59.8 Å². The van der Waals surface area contributed by atoms with Crippen molar-refractivity contribution in [3.63, 3.8) is 0 Å². The lowest BCUT2D eigenvalue weighted by Gasteiger charge is -2.34. The number of carbonyl (C=O) groups excluding carboxylic acids is 2. The third-order valence-electron chi connectivity index (χ3n) is 5.11. The molecule has 138 valence electrons. The van der Waals surface area contributed by atoms with Gasteiger partial charge in [-0.2, -0.15) is 0 Å². The quantitative estimate of drug-likeness (QED) is 0.841. The van der Waals surface area contributed by atoms with E-state index in [0.29, 0.717) is 31.5 Å². The molecule has 1 aliphatic heterocycles. The minimum Gasteiger partial charge on any atom is -0.467 e. The van der Waals surface area contributed by atoms with Crippen molar-refractivity contribution < 1.29 is 18.4 Å². The van der Waals surface area contributed by atoms with Gasteiger partial charge in [-0.15, -0.1) is 0 Å². The van der Waals surface area contributed by atoms with Gasteiger partial charge in [-0.1, -0.05) is 0 Å². The molecule has 0 aliphatic carbocycles. The third kappa shape index (κ3) is 3.79. The van der Waals surface area contributed by atoms with Gasteiger partial charge in [0.05, 0.1) is 12.3 Å². The standard InChI is InChI=1S/C20H23FN2O3/c1-14(18-4-3-13-26-18)22(2)19(24)16-9-11-23(12-10-16)20(25)15-5-7-17(21)8-6-15/h3-8,13-14,16H,9-12H2,1-2H3. The number of carbonyl (C=O) groups is 2. The average molecular weight is 358 g/mol. The summed E-state index contributed by atoms with van der Waals surface area (Å²) in [5.41, 5.74) is 0.472. The van der Waals surface area contributed by atoms with Gasteiger partial charge in [0, 0.05) is 31.6 Å². The molecule has 1 aliphatic rings. The van der Waals surface area contributed by atoms with E-state index in [0.717, 1.165) is 5.76 Å². The molecule has 0 spiro atoms. The first-order valence-electron chi connectivity index (χ1n) is 8.82. The molecule has 1 atom stereocenters. The van der Waals surface area contributed by atoms with E-state index in [1.54, 1.807) is 23.1 Å². The highest BCUT2D eigenvalue weighted by molar-refractivity contribution is 5.94. The summed E-state index contributed by atoms with van der Waals surface area (Å²) in [5.74, 6) is 0.245. The Kier molecular flexibility index (Phi) is 5.40. The van der Waals surface area contributed by atoms with Gasteiger partial charge in [-0.05, 0) is 56.2 Å². The number of nitrogens with zero attached hydrogens (tertiary/aromatic N) is 2. The molecule has 0 radical (unpaired) electrons. The Labute approximate surface area is 152 Å². The SMILES string of the molecule is CC(c1ccco1)N(C)C(=O)C1CCN(C(=O)c2ccc(F)cc2)CC1. The Bertz CT molecular complexity index is 750. The van der Waals surface area contributed by atoms with E-state index < -0.39 is 0 Å². The Morgan fingerprint density at radius 3 is 2.42 bits per heavy atom. The van der Waals surface area contributed by atoms with E-state index in [4.69, 9.17) is 4.42 Å². The molecule has 26 heavy (non-hydrogen) atoms. The Morgan fingerprint density at radius 2 is 1.85 bits per heavy atom. The predicted molar refractivity (Wildman–Crippen MR) is 94.9 cm³/mol. The van der Waals surface area contributed by atoms with Gasteiger partial charge in [0.2, 0.25) is 5.91 Å². The number of hydrogen-bond donors (Lipinski definition) is 0. The summed E-state index contributed by atoms with van der Waals surface area (Å²) >= 11 is 0. The molecule has 6 heteroatoms. The Hall–Kier alpha value is -2.63. The number of amides is 2. The summed E-state index contributed by atoms with van der Waals surface area (Å²) in [4.78, 5) is 28.7. The number of rotatable bonds is 4. The summed E-state index contributed by atoms with van der Waals surface area (Å²) in [6.45, 7) is 2.98. The van der Waals surface area contributed by atoms with Crippen molar-refractivity contribution in [2.45, 2.75) is 25.8 Å². The second kappa shape index (κ2) is 7.72. The monoisotopic (exact) mass is 358 g/mol. The van der Waals surface area contributed by atoms with Gasteiger partial charge in [0.15, 0.2) is 0 Å². The van der Waals surface area contributed by atoms with Gasteiger partial charge < -0.3 is 14.2 Å². The highest BCUT2D eigenvalue weighted by Crippen LogP contribution is 2.26. The van der Waals surface area contributed by atoms with E-state index in [1.165, 1.54) is 24.3 Å². The molecule has 1 unspecified atom stereocenters. The molecule has 0 N–H and O–H groups in total. The molecule has 2 aromatic rings. The second-order valence-electron chi connectivity index (χ2n) is 6.71. The van der Waals surface area contributed by atoms with Crippen LogP contribution < -0.4 is 0 Å². The van der Waals surface area contributed by atoms with Crippen LogP contribution in [-0.2, 0) is 4.79 Å². The van der Waals surface area contributed by atoms with Crippen LogP contribution in [0.1, 0.15) is 41.9 Å². The number of furan rings is 1. The maximum absolute atomic E-state index is 13.0. The van der Waals surface area contributed by atoms with Crippen LogP contribution in [-0.4, -0.2) is 41.8 Å². The number of piperidine rings is 1. The topological polar surface area (TPSA) is 53.8 Å². The molecule has 1 aromatic carbocycles. The zero-order chi connectivity index (χ0) is 18.7. The van der Waals surface area contributed by atoms with E-state index in [-0.39, 0.29) is 29.6 Å². The maximum atomic E-state index is 13.0. The largest absolute Gasteiger partial charge is 0.467 e. The van der Waals surface area contributed by atoms with E-state index in [1.807, 2.05) is 19.1 Å². The van der Waals surface area contributed by atoms with Crippen LogP contribution in [0.2, 0.25) is 0 Å². The van der Waals surface area contributed by atoms with Crippen LogP contribution in [0, 0.1) is 11.7 Å². The van der Waals surface area contributed by atoms with Crippen molar-refractivity contribution >= 4 is 11.8 Å². The lowest BCUT2D eigenvalue weighted by Crippen LogP contribution is -2.44. The lowest BCUT2D eigenvalue weighted by atomic mass is 9.94. The molecule has 1 saturated heterocycles. The van der Waals surface area contributed by atoms with Crippen LogP contribution in [0.25, 0.3) is 0 Å². The summed E-state index contributed by atoms with van der Waals surface area (Å²) in [7, 11) is 1.78. The van der Waals surface area contributed by atoms with Crippen molar-refractivity contribution in [1.82, 2.24) is 9.80 Å². The minimum atomic E-state index is -0.362. The van der Waals surface area contributed by atoms with Crippen LogP contribution in [0.15, 0.2) is 47.1 Å². The first-order valence-corrected chi connectivity index (χ1v) is 8.82. The number of halogens is 1. The molecule has 0 bridgehead atoms. The van der Waals surface area contributed by atoms with Gasteiger partial charge in [0.25, 0.3) is 5.91 Å². The highest BCUT2D eigenvalue weighted by atomic mass is 19.1. The first kappa shape index (κ1) is 18.2. The zero-order valence-corrected chi connectivity index (χ0v) is 15.0. The molecule has 5 nitrogen and oxygen atoms in total. The van der Waals surface area contributed by atoms with Crippen LogP contribution in [0.3, 0.4) is 0 Å². The third-order valence-corrected chi connectivity index (χ3v) is 5.11. The Morgan fingerprint density at radius 1 is 1.19 bits per heavy atom. The highest BCUT2D eigenvalue weighted by Gasteiger charge is 2.31. The normalized spacial score (nSPS) is 16.3. The van der Waals surface area contributed by atoms with Gasteiger partial charge in [-0.3, -0.25) is 9.59 Å². The molecule has 2 amide bonds. The van der Waals surface area contributed by atoms with Crippen LogP contribution in [0.5, 0.6) is 0 Å². The average Bonchev–Trinajstić information content (AvgIpc) is 3.21. The summed E-state index contributed by atoms with van der Waals surface area (Å²) in [6.07, 6.45) is 2.85. The molecule has 1 fully saturated rings. The fraction of sp³-hybridized carbons (Fsp3) is 0.400. The van der Waals surface area contributed by atoms with Gasteiger partial charge in [-0.25, -0.2) is 4.39 Å². The zero-order valence-electron chi connectivity index (χ0n) is 15.0. The predicted octanol–water partition coefficient (Wildman–Crippen LogP) is 3.49. The number of benzene rings is 1.